The number of cyclic esters (lactones) is 1. The Bertz CT molecular complexity index is 314. The monoisotopic (exact) mass is 242 g/mol. The van der Waals surface area contributed by atoms with Gasteiger partial charge in [-0.2, -0.15) is 0 Å². The lowest BCUT2D eigenvalue weighted by Crippen LogP contribution is -2.23. The third-order valence-electron chi connectivity index (χ3n) is 3.01. The summed E-state index contributed by atoms with van der Waals surface area (Å²) in [4.78, 5) is 11.4. The SMILES string of the molecule is C[C@@H]1CC2OC2C(O)C/C=C\[C@@H](O)CC(=O)O1. The van der Waals surface area contributed by atoms with Gasteiger partial charge in [0.05, 0.1) is 24.7 Å². The molecule has 0 aromatic rings. The van der Waals surface area contributed by atoms with E-state index in [2.05, 4.69) is 0 Å². The lowest BCUT2D eigenvalue weighted by Gasteiger charge is -2.14. The minimum atomic E-state index is -0.850. The normalized spacial score (nSPS) is 44.9. The Hall–Kier alpha value is -0.910. The van der Waals surface area contributed by atoms with E-state index < -0.39 is 18.2 Å². The summed E-state index contributed by atoms with van der Waals surface area (Å²) in [6.45, 7) is 1.79. The Balaban J connectivity index is 1.99. The van der Waals surface area contributed by atoms with E-state index in [-0.39, 0.29) is 24.7 Å². The maximum absolute atomic E-state index is 11.4. The van der Waals surface area contributed by atoms with E-state index in [4.69, 9.17) is 9.47 Å². The molecule has 0 aliphatic carbocycles. The molecule has 0 radical (unpaired) electrons. The fourth-order valence-electron chi connectivity index (χ4n) is 2.08. The van der Waals surface area contributed by atoms with Crippen LogP contribution in [0.1, 0.15) is 26.2 Å². The first-order valence-corrected chi connectivity index (χ1v) is 5.94. The van der Waals surface area contributed by atoms with Gasteiger partial charge in [0.15, 0.2) is 0 Å². The van der Waals surface area contributed by atoms with Crippen LogP contribution < -0.4 is 0 Å². The van der Waals surface area contributed by atoms with Crippen LogP contribution >= 0.6 is 0 Å². The van der Waals surface area contributed by atoms with Gasteiger partial charge in [0, 0.05) is 6.42 Å². The molecule has 5 atom stereocenters. The van der Waals surface area contributed by atoms with Crippen molar-refractivity contribution in [1.29, 1.82) is 0 Å². The maximum atomic E-state index is 11.4. The van der Waals surface area contributed by atoms with Crippen molar-refractivity contribution in [2.75, 3.05) is 0 Å². The van der Waals surface area contributed by atoms with E-state index in [0.717, 1.165) is 0 Å². The van der Waals surface area contributed by atoms with Gasteiger partial charge in [-0.15, -0.1) is 0 Å². The summed E-state index contributed by atoms with van der Waals surface area (Å²) in [5.74, 6) is -0.409. The molecule has 1 fully saturated rings. The molecule has 0 aromatic heterocycles. The fourth-order valence-corrected chi connectivity index (χ4v) is 2.08. The van der Waals surface area contributed by atoms with Crippen LogP contribution in [0.5, 0.6) is 0 Å². The number of aliphatic hydroxyl groups excluding tert-OH is 2. The molecule has 5 nitrogen and oxygen atoms in total. The van der Waals surface area contributed by atoms with Crippen LogP contribution in [-0.2, 0) is 14.3 Å². The molecule has 1 saturated heterocycles. The average molecular weight is 242 g/mol. The van der Waals surface area contributed by atoms with Crippen molar-refractivity contribution in [2.24, 2.45) is 0 Å². The van der Waals surface area contributed by atoms with Crippen molar-refractivity contribution in [1.82, 2.24) is 0 Å². The Labute approximate surface area is 100 Å². The van der Waals surface area contributed by atoms with Crippen LogP contribution in [0, 0.1) is 0 Å². The summed E-state index contributed by atoms with van der Waals surface area (Å²) in [6, 6.07) is 0. The second kappa shape index (κ2) is 5.16. The number of epoxide rings is 1. The van der Waals surface area contributed by atoms with Crippen LogP contribution in [0.25, 0.3) is 0 Å². The molecule has 3 unspecified atom stereocenters. The highest BCUT2D eigenvalue weighted by atomic mass is 16.6. The van der Waals surface area contributed by atoms with Crippen LogP contribution in [0.2, 0.25) is 0 Å². The van der Waals surface area contributed by atoms with Crippen LogP contribution in [0.4, 0.5) is 0 Å². The molecule has 0 saturated carbocycles. The van der Waals surface area contributed by atoms with Crippen LogP contribution in [-0.4, -0.2) is 46.7 Å². The molecule has 2 rings (SSSR count). The number of ether oxygens (including phenoxy) is 2. The Morgan fingerprint density at radius 1 is 1.41 bits per heavy atom. The third kappa shape index (κ3) is 3.52. The summed E-state index contributed by atoms with van der Waals surface area (Å²) >= 11 is 0. The number of rotatable bonds is 0. The van der Waals surface area contributed by atoms with Gasteiger partial charge in [-0.3, -0.25) is 4.79 Å². The first kappa shape index (κ1) is 12.5. The number of carbonyl (C=O) groups is 1. The molecule has 5 heteroatoms. The molecule has 2 N–H and O–H groups in total. The van der Waals surface area contributed by atoms with E-state index in [1.807, 2.05) is 0 Å². The van der Waals surface area contributed by atoms with Crippen molar-refractivity contribution < 1.29 is 24.5 Å². The molecule has 2 aliphatic heterocycles. The van der Waals surface area contributed by atoms with Crippen LogP contribution in [0.15, 0.2) is 12.2 Å². The van der Waals surface area contributed by atoms with Gasteiger partial charge in [0.25, 0.3) is 0 Å². The summed E-state index contributed by atoms with van der Waals surface area (Å²) in [5.41, 5.74) is 0. The zero-order valence-electron chi connectivity index (χ0n) is 9.78. The van der Waals surface area contributed by atoms with Gasteiger partial charge in [0.1, 0.15) is 12.2 Å². The highest BCUT2D eigenvalue weighted by Gasteiger charge is 2.44. The highest BCUT2D eigenvalue weighted by molar-refractivity contribution is 5.70. The molecule has 2 aliphatic rings. The second-order valence-corrected chi connectivity index (χ2v) is 4.68. The van der Waals surface area contributed by atoms with E-state index in [0.29, 0.717) is 12.8 Å². The van der Waals surface area contributed by atoms with E-state index >= 15 is 0 Å². The summed E-state index contributed by atoms with van der Waals surface area (Å²) < 4.78 is 10.5. The number of hydrogen-bond donors (Lipinski definition) is 2. The first-order chi connectivity index (χ1) is 8.06. The minimum absolute atomic E-state index is 0.0226. The molecular weight excluding hydrogens is 224 g/mol. The Kier molecular flexibility index (Phi) is 3.81. The summed E-state index contributed by atoms with van der Waals surface area (Å²) in [7, 11) is 0. The number of aliphatic hydroxyl groups is 2. The second-order valence-electron chi connectivity index (χ2n) is 4.68. The molecule has 2 heterocycles. The lowest BCUT2D eigenvalue weighted by atomic mass is 10.1. The molecule has 0 amide bonds. The lowest BCUT2D eigenvalue weighted by molar-refractivity contribution is -0.150. The van der Waals surface area contributed by atoms with Gasteiger partial charge >= 0.3 is 5.97 Å². The highest BCUT2D eigenvalue weighted by Crippen LogP contribution is 2.31. The largest absolute Gasteiger partial charge is 0.462 e. The van der Waals surface area contributed by atoms with Crippen molar-refractivity contribution in [3.8, 4) is 0 Å². The number of fused-ring (bicyclic) bond motifs is 1. The predicted molar refractivity (Wildman–Crippen MR) is 59.2 cm³/mol. The fraction of sp³-hybridized carbons (Fsp3) is 0.750. The quantitative estimate of drug-likeness (QED) is 0.359. The Morgan fingerprint density at radius 2 is 2.18 bits per heavy atom. The smallest absolute Gasteiger partial charge is 0.309 e. The standard InChI is InChI=1S/C12H18O5/c1-7-5-10-12(17-10)9(14)4-2-3-8(13)6-11(15)16-7/h2-3,7-10,12-14H,4-6H2,1H3/b3-2-/t7-,8-,9?,10?,12?/m1/s1. The maximum Gasteiger partial charge on any atom is 0.309 e. The van der Waals surface area contributed by atoms with E-state index in [1.165, 1.54) is 6.08 Å². The van der Waals surface area contributed by atoms with Gasteiger partial charge in [-0.1, -0.05) is 12.2 Å². The van der Waals surface area contributed by atoms with Crippen molar-refractivity contribution >= 4 is 5.97 Å². The third-order valence-corrected chi connectivity index (χ3v) is 3.01. The van der Waals surface area contributed by atoms with Gasteiger partial charge in [-0.25, -0.2) is 0 Å². The molecule has 96 valence electrons. The predicted octanol–water partition coefficient (Wildman–Crippen LogP) is 0.147. The van der Waals surface area contributed by atoms with Crippen molar-refractivity contribution in [3.05, 3.63) is 12.2 Å². The molecule has 0 spiro atoms. The summed E-state index contributed by atoms with van der Waals surface area (Å²) in [6.07, 6.45) is 2.31. The number of carbonyl (C=O) groups excluding carboxylic acids is 1. The Morgan fingerprint density at radius 3 is 2.94 bits per heavy atom. The van der Waals surface area contributed by atoms with Gasteiger partial charge in [0.2, 0.25) is 0 Å². The molecule has 0 bridgehead atoms. The zero-order valence-corrected chi connectivity index (χ0v) is 9.78. The molecule has 17 heavy (non-hydrogen) atoms. The zero-order chi connectivity index (χ0) is 12.4. The number of esters is 1. The molecular formula is C12H18O5. The van der Waals surface area contributed by atoms with Crippen molar-refractivity contribution in [3.63, 3.8) is 0 Å². The topological polar surface area (TPSA) is 79.3 Å². The minimum Gasteiger partial charge on any atom is -0.462 e. The van der Waals surface area contributed by atoms with Gasteiger partial charge in [-0.05, 0) is 13.3 Å². The average Bonchev–Trinajstić information content (AvgIpc) is 2.94. The van der Waals surface area contributed by atoms with E-state index in [1.54, 1.807) is 13.0 Å². The van der Waals surface area contributed by atoms with Crippen LogP contribution in [0.3, 0.4) is 0 Å². The van der Waals surface area contributed by atoms with Gasteiger partial charge < -0.3 is 19.7 Å². The van der Waals surface area contributed by atoms with E-state index in [9.17, 15) is 15.0 Å². The number of hydrogen-bond acceptors (Lipinski definition) is 5. The van der Waals surface area contributed by atoms with Crippen molar-refractivity contribution in [2.45, 2.75) is 56.7 Å². The first-order valence-electron chi connectivity index (χ1n) is 5.94. The summed E-state index contributed by atoms with van der Waals surface area (Å²) in [5, 5.41) is 19.3. The molecule has 0 aromatic carbocycles.